The number of piperidine rings is 1. The fraction of sp³-hybridized carbons (Fsp3) is 0.375. The third kappa shape index (κ3) is 3.82. The van der Waals surface area contributed by atoms with E-state index in [2.05, 4.69) is 28.2 Å². The normalized spacial score (nSPS) is 17.6. The van der Waals surface area contributed by atoms with E-state index in [0.29, 0.717) is 50.9 Å². The van der Waals surface area contributed by atoms with Crippen molar-refractivity contribution >= 4 is 28.2 Å². The van der Waals surface area contributed by atoms with Gasteiger partial charge < -0.3 is 19.5 Å². The number of H-pyrrole nitrogens is 1. The van der Waals surface area contributed by atoms with Gasteiger partial charge in [0.25, 0.3) is 11.6 Å². The van der Waals surface area contributed by atoms with Crippen LogP contribution in [-0.2, 0) is 4.74 Å². The van der Waals surface area contributed by atoms with Crippen LogP contribution in [0.5, 0.6) is 0 Å². The van der Waals surface area contributed by atoms with Crippen molar-refractivity contribution in [3.63, 3.8) is 0 Å². The summed E-state index contributed by atoms with van der Waals surface area (Å²) in [5.41, 5.74) is 3.54. The van der Waals surface area contributed by atoms with Gasteiger partial charge in [-0.1, -0.05) is 18.2 Å². The molecule has 8 heteroatoms. The van der Waals surface area contributed by atoms with Gasteiger partial charge in [0.1, 0.15) is 0 Å². The van der Waals surface area contributed by atoms with Crippen molar-refractivity contribution in [1.82, 2.24) is 9.88 Å². The zero-order valence-corrected chi connectivity index (χ0v) is 17.8. The van der Waals surface area contributed by atoms with Crippen molar-refractivity contribution in [3.05, 3.63) is 69.9 Å². The van der Waals surface area contributed by atoms with E-state index in [1.165, 1.54) is 23.1 Å². The molecular weight excluding hydrogens is 408 g/mol. The number of aromatic amines is 1. The van der Waals surface area contributed by atoms with Gasteiger partial charge in [0, 0.05) is 55.4 Å². The molecule has 1 amide bonds. The van der Waals surface area contributed by atoms with Gasteiger partial charge >= 0.3 is 0 Å². The molecule has 2 saturated heterocycles. The molecule has 0 spiro atoms. The first-order valence-corrected chi connectivity index (χ1v) is 11.1. The average molecular weight is 434 g/mol. The lowest BCUT2D eigenvalue weighted by Crippen LogP contribution is -2.40. The Morgan fingerprint density at radius 3 is 2.56 bits per heavy atom. The van der Waals surface area contributed by atoms with Crippen LogP contribution in [0.1, 0.15) is 34.7 Å². The zero-order chi connectivity index (χ0) is 22.1. The lowest BCUT2D eigenvalue weighted by molar-refractivity contribution is -0.384. The molecule has 2 aliphatic rings. The summed E-state index contributed by atoms with van der Waals surface area (Å²) >= 11 is 0. The maximum atomic E-state index is 13.5. The fourth-order valence-corrected chi connectivity index (χ4v) is 4.88. The fourth-order valence-electron chi connectivity index (χ4n) is 4.88. The van der Waals surface area contributed by atoms with E-state index in [-0.39, 0.29) is 11.6 Å². The molecule has 0 saturated carbocycles. The summed E-state index contributed by atoms with van der Waals surface area (Å²) in [5.74, 6) is 0.256. The van der Waals surface area contributed by atoms with Crippen LogP contribution in [0, 0.1) is 10.1 Å². The Hall–Kier alpha value is -3.39. The van der Waals surface area contributed by atoms with Gasteiger partial charge in [-0.3, -0.25) is 14.9 Å². The summed E-state index contributed by atoms with van der Waals surface area (Å²) < 4.78 is 5.43. The van der Waals surface area contributed by atoms with E-state index in [4.69, 9.17) is 4.74 Å². The summed E-state index contributed by atoms with van der Waals surface area (Å²) in [6, 6.07) is 12.9. The Kier molecular flexibility index (Phi) is 5.53. The standard InChI is InChI=1S/C24H26N4O4/c29-24(20-15-18(28(30)31)5-6-23(20)26-11-13-32-14-12-26)27-9-7-17(8-10-27)21-16-25-22-4-2-1-3-19(21)22/h1-6,15-17,25H,7-14H2. The summed E-state index contributed by atoms with van der Waals surface area (Å²) in [7, 11) is 0. The van der Waals surface area contributed by atoms with Gasteiger partial charge in [-0.2, -0.15) is 0 Å². The third-order valence-corrected chi connectivity index (χ3v) is 6.62. The van der Waals surface area contributed by atoms with Crippen LogP contribution >= 0.6 is 0 Å². The number of nitro benzene ring substituents is 1. The molecule has 8 nitrogen and oxygen atoms in total. The highest BCUT2D eigenvalue weighted by molar-refractivity contribution is 6.00. The molecule has 0 bridgehead atoms. The van der Waals surface area contributed by atoms with Crippen molar-refractivity contribution < 1.29 is 14.5 Å². The lowest BCUT2D eigenvalue weighted by atomic mass is 9.89. The first kappa shape index (κ1) is 20.5. The average Bonchev–Trinajstić information content (AvgIpc) is 3.28. The number of carbonyl (C=O) groups excluding carboxylic acids is 1. The monoisotopic (exact) mass is 434 g/mol. The van der Waals surface area contributed by atoms with E-state index in [0.717, 1.165) is 24.0 Å². The topological polar surface area (TPSA) is 91.7 Å². The number of anilines is 1. The number of morpholine rings is 1. The number of non-ortho nitro benzene ring substituents is 1. The molecule has 1 aromatic heterocycles. The number of aromatic nitrogens is 1. The predicted molar refractivity (Wildman–Crippen MR) is 122 cm³/mol. The number of benzene rings is 2. The maximum absolute atomic E-state index is 13.5. The number of hydrogen-bond acceptors (Lipinski definition) is 5. The van der Waals surface area contributed by atoms with Crippen LogP contribution in [-0.4, -0.2) is 60.1 Å². The molecule has 0 aliphatic carbocycles. The quantitative estimate of drug-likeness (QED) is 0.496. The third-order valence-electron chi connectivity index (χ3n) is 6.62. The van der Waals surface area contributed by atoms with E-state index in [1.807, 2.05) is 17.0 Å². The minimum atomic E-state index is -0.441. The van der Waals surface area contributed by atoms with Crippen LogP contribution in [0.4, 0.5) is 11.4 Å². The minimum Gasteiger partial charge on any atom is -0.378 e. The van der Waals surface area contributed by atoms with Crippen LogP contribution in [0.25, 0.3) is 10.9 Å². The van der Waals surface area contributed by atoms with Crippen LogP contribution in [0.3, 0.4) is 0 Å². The number of para-hydroxylation sites is 1. The lowest BCUT2D eigenvalue weighted by Gasteiger charge is -2.34. The summed E-state index contributed by atoms with van der Waals surface area (Å²) in [6.45, 7) is 3.77. The molecule has 0 atom stereocenters. The first-order valence-electron chi connectivity index (χ1n) is 11.1. The van der Waals surface area contributed by atoms with Gasteiger partial charge in [0.2, 0.25) is 0 Å². The SMILES string of the molecule is O=C(c1cc([N+](=O)[O-])ccc1N1CCOCC1)N1CCC(c2c[nH]c3ccccc23)CC1. The molecule has 166 valence electrons. The highest BCUT2D eigenvalue weighted by Gasteiger charge is 2.29. The molecule has 3 aromatic rings. The van der Waals surface area contributed by atoms with E-state index < -0.39 is 4.92 Å². The van der Waals surface area contributed by atoms with Gasteiger partial charge in [0.15, 0.2) is 0 Å². The number of nitrogens with zero attached hydrogens (tertiary/aromatic N) is 3. The van der Waals surface area contributed by atoms with Crippen molar-refractivity contribution in [2.24, 2.45) is 0 Å². The molecule has 0 unspecified atom stereocenters. The Bertz CT molecular complexity index is 1140. The number of nitro groups is 1. The highest BCUT2D eigenvalue weighted by atomic mass is 16.6. The number of hydrogen-bond donors (Lipinski definition) is 1. The van der Waals surface area contributed by atoms with Gasteiger partial charge in [-0.15, -0.1) is 0 Å². The number of fused-ring (bicyclic) bond motifs is 1. The first-order chi connectivity index (χ1) is 15.6. The van der Waals surface area contributed by atoms with Crippen LogP contribution < -0.4 is 4.90 Å². The summed E-state index contributed by atoms with van der Waals surface area (Å²) in [4.78, 5) is 31.7. The summed E-state index contributed by atoms with van der Waals surface area (Å²) in [6.07, 6.45) is 3.83. The van der Waals surface area contributed by atoms with Gasteiger partial charge in [-0.05, 0) is 36.5 Å². The number of likely N-dealkylation sites (tertiary alicyclic amines) is 1. The highest BCUT2D eigenvalue weighted by Crippen LogP contribution is 2.34. The van der Waals surface area contributed by atoms with Crippen molar-refractivity contribution in [3.8, 4) is 0 Å². The largest absolute Gasteiger partial charge is 0.378 e. The number of ether oxygens (including phenoxy) is 1. The van der Waals surface area contributed by atoms with Crippen molar-refractivity contribution in [1.29, 1.82) is 0 Å². The molecule has 0 radical (unpaired) electrons. The number of nitrogens with one attached hydrogen (secondary N) is 1. The second-order valence-electron chi connectivity index (χ2n) is 8.41. The van der Waals surface area contributed by atoms with E-state index in [1.54, 1.807) is 6.07 Å². The Morgan fingerprint density at radius 2 is 1.81 bits per heavy atom. The Balaban J connectivity index is 1.36. The van der Waals surface area contributed by atoms with Crippen molar-refractivity contribution in [2.45, 2.75) is 18.8 Å². The minimum absolute atomic E-state index is 0.0564. The second-order valence-corrected chi connectivity index (χ2v) is 8.41. The Labute approximate surface area is 185 Å². The molecule has 1 N–H and O–H groups in total. The van der Waals surface area contributed by atoms with Gasteiger partial charge in [0.05, 0.1) is 29.4 Å². The molecule has 2 aliphatic heterocycles. The van der Waals surface area contributed by atoms with Crippen LogP contribution in [0.2, 0.25) is 0 Å². The summed E-state index contributed by atoms with van der Waals surface area (Å²) in [5, 5.41) is 12.6. The van der Waals surface area contributed by atoms with Crippen LogP contribution in [0.15, 0.2) is 48.7 Å². The van der Waals surface area contributed by atoms with Crippen molar-refractivity contribution in [2.75, 3.05) is 44.3 Å². The Morgan fingerprint density at radius 1 is 1.06 bits per heavy atom. The predicted octanol–water partition coefficient (Wildman–Crippen LogP) is 3.93. The van der Waals surface area contributed by atoms with Gasteiger partial charge in [-0.25, -0.2) is 0 Å². The smallest absolute Gasteiger partial charge is 0.270 e. The molecule has 2 fully saturated rings. The molecule has 2 aromatic carbocycles. The number of carbonyl (C=O) groups is 1. The molecule has 3 heterocycles. The maximum Gasteiger partial charge on any atom is 0.270 e. The number of amides is 1. The van der Waals surface area contributed by atoms with E-state index in [9.17, 15) is 14.9 Å². The molecule has 32 heavy (non-hydrogen) atoms. The number of rotatable bonds is 4. The second kappa shape index (κ2) is 8.63. The molecular formula is C24H26N4O4. The van der Waals surface area contributed by atoms with E-state index >= 15 is 0 Å². The zero-order valence-electron chi connectivity index (χ0n) is 17.8. The molecule has 5 rings (SSSR count).